The van der Waals surface area contributed by atoms with Crippen LogP contribution >= 0.6 is 0 Å². The molecule has 1 aliphatic rings. The van der Waals surface area contributed by atoms with E-state index in [1.54, 1.807) is 82.5 Å². The molecule has 0 unspecified atom stereocenters. The number of likely N-dealkylation sites (N-methyl/N-ethyl adjacent to an activating group) is 7. The number of aliphatic hydroxyl groups is 1. The van der Waals surface area contributed by atoms with Crippen LogP contribution in [0.5, 0.6) is 0 Å². The van der Waals surface area contributed by atoms with Gasteiger partial charge >= 0.3 is 0 Å². The van der Waals surface area contributed by atoms with Crippen LogP contribution in [0.4, 0.5) is 0 Å². The fraction of sp³-hybridized carbons (Fsp3) is 0.806. The van der Waals surface area contributed by atoms with Gasteiger partial charge in [-0.2, -0.15) is 0 Å². The number of allylic oxidation sites excluding steroid dienone is 2. The first-order valence-corrected chi connectivity index (χ1v) is 33.0. The number of ether oxygens (including phenoxy) is 1. The molecule has 0 aliphatic carbocycles. The minimum atomic E-state index is -1.64. The Labute approximate surface area is 551 Å². The van der Waals surface area contributed by atoms with Gasteiger partial charge in [-0.1, -0.05) is 95.2 Å². The summed E-state index contributed by atoms with van der Waals surface area (Å²) in [4.78, 5) is 174. The Morgan fingerprint density at radius 1 is 0.511 bits per heavy atom. The first-order valence-electron chi connectivity index (χ1n) is 33.0. The number of methoxy groups -OCH3 is 1. The lowest BCUT2D eigenvalue weighted by Crippen LogP contribution is -2.64. The summed E-state index contributed by atoms with van der Waals surface area (Å²) in [5.41, 5.74) is -1.04. The van der Waals surface area contributed by atoms with E-state index in [0.29, 0.717) is 6.42 Å². The van der Waals surface area contributed by atoms with Gasteiger partial charge in [0.25, 0.3) is 0 Å². The molecule has 25 nitrogen and oxygen atoms in total. The minimum absolute atomic E-state index is 0.00979. The van der Waals surface area contributed by atoms with E-state index in [1.807, 2.05) is 52.5 Å². The molecule has 25 heteroatoms. The van der Waals surface area contributed by atoms with Crippen LogP contribution in [0.25, 0.3) is 0 Å². The summed E-state index contributed by atoms with van der Waals surface area (Å²) < 4.78 is 5.81. The minimum Gasteiger partial charge on any atom is -0.390 e. The van der Waals surface area contributed by atoms with Crippen molar-refractivity contribution in [1.82, 2.24) is 60.5 Å². The number of nitrogens with one attached hydrogen (secondary N) is 4. The van der Waals surface area contributed by atoms with Gasteiger partial charge in [-0.05, 0) is 129 Å². The Balaban J connectivity index is 4.57. The fourth-order valence-corrected chi connectivity index (χ4v) is 11.6. The fourth-order valence-electron chi connectivity index (χ4n) is 11.6. The first kappa shape index (κ1) is 83.8. The Morgan fingerprint density at radius 3 is 1.39 bits per heavy atom. The second-order valence-corrected chi connectivity index (χ2v) is 28.4. The second kappa shape index (κ2) is 37.6. The maximum absolute atomic E-state index is 15.3. The average molecular weight is 1300 g/mol. The van der Waals surface area contributed by atoms with Crippen LogP contribution in [0.15, 0.2) is 12.2 Å². The van der Waals surface area contributed by atoms with E-state index >= 15 is 33.6 Å². The number of amides is 11. The van der Waals surface area contributed by atoms with E-state index < -0.39 is 161 Å². The molecule has 1 fully saturated rings. The van der Waals surface area contributed by atoms with Crippen molar-refractivity contribution in [2.45, 2.75) is 241 Å². The first-order chi connectivity index (χ1) is 42.4. The number of nitrogens with zero attached hydrogens (tertiary/aromatic N) is 8. The summed E-state index contributed by atoms with van der Waals surface area (Å²) in [5, 5.41) is 23.4. The maximum atomic E-state index is 15.3. The molecule has 13 atom stereocenters. The van der Waals surface area contributed by atoms with Crippen molar-refractivity contribution in [3.8, 4) is 0 Å². The Kier molecular flexibility index (Phi) is 34.3. The predicted molar refractivity (Wildman–Crippen MR) is 357 cm³/mol. The molecule has 0 radical (unpaired) electrons. The molecule has 0 aromatic heterocycles. The van der Waals surface area contributed by atoms with Crippen molar-refractivity contribution in [3.63, 3.8) is 0 Å². The summed E-state index contributed by atoms with van der Waals surface area (Å²) >= 11 is 0. The van der Waals surface area contributed by atoms with E-state index in [2.05, 4.69) is 21.3 Å². The van der Waals surface area contributed by atoms with Crippen LogP contribution in [-0.4, -0.2) is 265 Å². The monoisotopic (exact) mass is 1300 g/mol. The van der Waals surface area contributed by atoms with Crippen molar-refractivity contribution >= 4 is 65.0 Å². The van der Waals surface area contributed by atoms with E-state index in [4.69, 9.17) is 4.74 Å². The average Bonchev–Trinajstić information content (AvgIpc) is 0.912. The molecule has 0 aromatic carbocycles. The van der Waals surface area contributed by atoms with Gasteiger partial charge in [-0.15, -0.1) is 0 Å². The summed E-state index contributed by atoms with van der Waals surface area (Å²) in [6, 6.07) is -14.1. The molecule has 0 aromatic rings. The van der Waals surface area contributed by atoms with Gasteiger partial charge in [-0.25, -0.2) is 0 Å². The van der Waals surface area contributed by atoms with Crippen LogP contribution in [0.1, 0.15) is 163 Å². The highest BCUT2D eigenvalue weighted by molar-refractivity contribution is 6.00. The number of rotatable bonds is 19. The highest BCUT2D eigenvalue weighted by atomic mass is 16.5. The topological polar surface area (TPSA) is 291 Å². The SMILES string of the molecule is C/C=C/C[C@@H](C)[C@@H](O)[C@H]1C(=O)N[C@@H](CC)C(=O)N(C)[C@H](CCN(C)C)C(=O)N(C)[C@@H](CC(C)(C)OC)C(=O)N[C@@H](C(C)C)C(=O)N(C)[C@@H](CC(C)C)C(=O)N[C@@H](C)C(=O)N[C@H](C)C(=O)N(C)[C@@H](CC(C)C)C(=O)N(C)[C@@H](CC(C)C)C(=O)N(C)[C@@H](C(C)C)C(=O)N1C. The third-order valence-corrected chi connectivity index (χ3v) is 17.8. The Bertz CT molecular complexity index is 2520. The number of carbonyl (C=O) groups is 11. The molecule has 1 rings (SSSR count). The van der Waals surface area contributed by atoms with Crippen molar-refractivity contribution in [1.29, 1.82) is 0 Å². The maximum Gasteiger partial charge on any atom is 0.246 e. The lowest BCUT2D eigenvalue weighted by atomic mass is 9.91. The molecule has 1 saturated heterocycles. The molecular weight excluding hydrogens is 1180 g/mol. The van der Waals surface area contributed by atoms with Crippen LogP contribution in [0.2, 0.25) is 0 Å². The highest BCUT2D eigenvalue weighted by Gasteiger charge is 2.47. The normalized spacial score (nSPS) is 26.8. The lowest BCUT2D eigenvalue weighted by molar-refractivity contribution is -0.157. The second-order valence-electron chi connectivity index (χ2n) is 28.4. The molecule has 5 N–H and O–H groups in total. The van der Waals surface area contributed by atoms with Crippen LogP contribution < -0.4 is 21.3 Å². The van der Waals surface area contributed by atoms with E-state index in [0.717, 1.165) is 4.90 Å². The zero-order chi connectivity index (χ0) is 71.5. The molecule has 0 bridgehead atoms. The van der Waals surface area contributed by atoms with E-state index in [1.165, 1.54) is 99.7 Å². The Morgan fingerprint density at radius 2 is 0.935 bits per heavy atom. The van der Waals surface area contributed by atoms with Gasteiger partial charge in [0.1, 0.15) is 66.5 Å². The van der Waals surface area contributed by atoms with Crippen molar-refractivity contribution in [3.05, 3.63) is 12.2 Å². The van der Waals surface area contributed by atoms with Gasteiger partial charge in [-0.3, -0.25) is 52.7 Å². The molecule has 0 spiro atoms. The highest BCUT2D eigenvalue weighted by Crippen LogP contribution is 2.27. The van der Waals surface area contributed by atoms with Crippen molar-refractivity contribution < 1.29 is 62.6 Å². The number of hydrogen-bond acceptors (Lipinski definition) is 14. The van der Waals surface area contributed by atoms with Crippen molar-refractivity contribution in [2.75, 3.05) is 77.1 Å². The summed E-state index contributed by atoms with van der Waals surface area (Å²) in [7, 11) is 15.0. The quantitative estimate of drug-likeness (QED) is 0.116. The number of carbonyl (C=O) groups excluding carboxylic acids is 11. The summed E-state index contributed by atoms with van der Waals surface area (Å²) in [6.07, 6.45) is 2.74. The third kappa shape index (κ3) is 23.4. The largest absolute Gasteiger partial charge is 0.390 e. The standard InChI is InChI=1S/C67H122N12O13/c1-28-30-31-43(13)55(80)54-59(84)70-46(29-2)61(86)73(20)47(32-33-72(18)19)62(87)77(24)51(37-67(16,17)92-27)58(83)71-52(41(9)10)65(90)74(21)48(34-38(3)4)57(82)68-44(14)56(81)69-45(15)60(85)75(22)49(35-39(5)6)63(88)76(23)50(36-40(7)8)64(89)78(25)53(42(11)12)66(91)79(54)26/h28,30,38-55,80H,29,31-37H2,1-27H3,(H,68,82)(H,69,81)(H,70,84)(H,71,83)/b30-28+/t43-,44+,45-,46+,47-,48+,49+,50+,51+,52+,53+,54+,55-/m1/s1. The zero-order valence-corrected chi connectivity index (χ0v) is 61.1. The lowest BCUT2D eigenvalue weighted by Gasteiger charge is -2.41. The van der Waals surface area contributed by atoms with Gasteiger partial charge < -0.3 is 70.3 Å². The van der Waals surface area contributed by atoms with Gasteiger partial charge in [0, 0.05) is 62.9 Å². The molecule has 92 heavy (non-hydrogen) atoms. The van der Waals surface area contributed by atoms with Crippen LogP contribution in [0.3, 0.4) is 0 Å². The molecule has 1 heterocycles. The molecule has 11 amide bonds. The summed E-state index contributed by atoms with van der Waals surface area (Å²) in [5.74, 6) is -9.93. The molecular formula is C67H122N12O13. The third-order valence-electron chi connectivity index (χ3n) is 17.8. The summed E-state index contributed by atoms with van der Waals surface area (Å²) in [6.45, 7) is 29.9. The van der Waals surface area contributed by atoms with Gasteiger partial charge in [0.05, 0.1) is 11.7 Å². The van der Waals surface area contributed by atoms with Crippen LogP contribution in [-0.2, 0) is 57.5 Å². The van der Waals surface area contributed by atoms with Gasteiger partial charge in [0.15, 0.2) is 0 Å². The van der Waals surface area contributed by atoms with Crippen LogP contribution in [0, 0.1) is 35.5 Å². The van der Waals surface area contributed by atoms with E-state index in [-0.39, 0.29) is 62.8 Å². The molecule has 1 aliphatic heterocycles. The Hall–Kier alpha value is -6.21. The van der Waals surface area contributed by atoms with Gasteiger partial charge in [0.2, 0.25) is 65.0 Å². The predicted octanol–water partition coefficient (Wildman–Crippen LogP) is 3.36. The molecule has 0 saturated carbocycles. The number of aliphatic hydroxyl groups excluding tert-OH is 1. The zero-order valence-electron chi connectivity index (χ0n) is 61.1. The number of hydrogen-bond donors (Lipinski definition) is 5. The molecule has 528 valence electrons. The van der Waals surface area contributed by atoms with Crippen molar-refractivity contribution in [2.24, 2.45) is 35.5 Å². The van der Waals surface area contributed by atoms with E-state index in [9.17, 15) is 24.3 Å². The smallest absolute Gasteiger partial charge is 0.246 e.